The quantitative estimate of drug-likeness (QED) is 0.392. The Hall–Kier alpha value is -2.69. The monoisotopic (exact) mass is 285 g/mol. The summed E-state index contributed by atoms with van der Waals surface area (Å²) in [6.07, 6.45) is 0. The minimum Gasteiger partial charge on any atom is -0.495 e. The highest BCUT2D eigenvalue weighted by atomic mass is 16.5. The first-order valence-corrected chi connectivity index (χ1v) is 6.53. The number of nitrogens with two attached hydrogens (primary N) is 1. The Kier molecular flexibility index (Phi) is 4.33. The van der Waals surface area contributed by atoms with Crippen LogP contribution in [0.15, 0.2) is 47.6 Å². The Morgan fingerprint density at radius 3 is 2.57 bits per heavy atom. The van der Waals surface area contributed by atoms with E-state index >= 15 is 0 Å². The van der Waals surface area contributed by atoms with Gasteiger partial charge < -0.3 is 20.6 Å². The third-order valence-electron chi connectivity index (χ3n) is 3.43. The van der Waals surface area contributed by atoms with Crippen LogP contribution in [0.25, 0.3) is 0 Å². The first kappa shape index (κ1) is 14.7. The average molecular weight is 285 g/mol. The minimum atomic E-state index is 0.110. The average Bonchev–Trinajstić information content (AvgIpc) is 2.53. The highest BCUT2D eigenvalue weighted by molar-refractivity contribution is 5.98. The molecule has 5 heteroatoms. The summed E-state index contributed by atoms with van der Waals surface area (Å²) in [5.74, 6) is 0.914. The van der Waals surface area contributed by atoms with Crippen LogP contribution in [0.1, 0.15) is 11.1 Å². The summed E-state index contributed by atoms with van der Waals surface area (Å²) in [6, 6.07) is 13.6. The fourth-order valence-electron chi connectivity index (χ4n) is 2.24. The van der Waals surface area contributed by atoms with E-state index in [0.29, 0.717) is 0 Å². The number of amidine groups is 1. The van der Waals surface area contributed by atoms with Gasteiger partial charge in [-0.3, -0.25) is 0 Å². The number of hydrogen-bond donors (Lipinski definition) is 2. The molecule has 0 spiro atoms. The van der Waals surface area contributed by atoms with Crippen molar-refractivity contribution in [3.05, 3.63) is 53.6 Å². The van der Waals surface area contributed by atoms with Crippen LogP contribution in [-0.2, 0) is 0 Å². The molecule has 2 rings (SSSR count). The summed E-state index contributed by atoms with van der Waals surface area (Å²) < 4.78 is 5.38. The summed E-state index contributed by atoms with van der Waals surface area (Å²) in [4.78, 5) is 2.03. The number of para-hydroxylation sites is 2. The van der Waals surface area contributed by atoms with Crippen LogP contribution in [0.3, 0.4) is 0 Å². The zero-order valence-corrected chi connectivity index (χ0v) is 12.4. The lowest BCUT2D eigenvalue weighted by atomic mass is 10.1. The van der Waals surface area contributed by atoms with Gasteiger partial charge in [-0.15, -0.1) is 0 Å². The van der Waals surface area contributed by atoms with E-state index in [1.165, 1.54) is 0 Å². The number of anilines is 2. The lowest BCUT2D eigenvalue weighted by Gasteiger charge is -2.22. The zero-order valence-electron chi connectivity index (χ0n) is 12.4. The fourth-order valence-corrected chi connectivity index (χ4v) is 2.24. The van der Waals surface area contributed by atoms with Crippen molar-refractivity contribution >= 4 is 17.2 Å². The van der Waals surface area contributed by atoms with Crippen LogP contribution in [-0.4, -0.2) is 25.2 Å². The van der Waals surface area contributed by atoms with Crippen molar-refractivity contribution in [1.29, 1.82) is 0 Å². The van der Waals surface area contributed by atoms with Gasteiger partial charge in [0.1, 0.15) is 5.75 Å². The van der Waals surface area contributed by atoms with Crippen LogP contribution in [0.4, 0.5) is 11.4 Å². The molecular weight excluding hydrogens is 266 g/mol. The molecule has 3 N–H and O–H groups in total. The van der Waals surface area contributed by atoms with Crippen molar-refractivity contribution in [2.75, 3.05) is 19.1 Å². The number of hydrogen-bond acceptors (Lipinski definition) is 4. The van der Waals surface area contributed by atoms with Crippen molar-refractivity contribution in [3.63, 3.8) is 0 Å². The molecule has 110 valence electrons. The van der Waals surface area contributed by atoms with Gasteiger partial charge in [0.2, 0.25) is 0 Å². The Morgan fingerprint density at radius 1 is 1.24 bits per heavy atom. The zero-order chi connectivity index (χ0) is 15.4. The van der Waals surface area contributed by atoms with Gasteiger partial charge >= 0.3 is 0 Å². The van der Waals surface area contributed by atoms with Gasteiger partial charge in [0.05, 0.1) is 12.8 Å². The summed E-state index contributed by atoms with van der Waals surface area (Å²) in [5, 5.41) is 11.8. The number of ether oxygens (including phenoxy) is 1. The maximum absolute atomic E-state index is 8.77. The number of oxime groups is 1. The van der Waals surface area contributed by atoms with Gasteiger partial charge in [0.15, 0.2) is 5.84 Å². The maximum Gasteiger partial charge on any atom is 0.170 e. The van der Waals surface area contributed by atoms with Gasteiger partial charge in [-0.25, -0.2) is 0 Å². The first-order chi connectivity index (χ1) is 10.1. The van der Waals surface area contributed by atoms with Crippen molar-refractivity contribution < 1.29 is 9.94 Å². The van der Waals surface area contributed by atoms with Crippen LogP contribution < -0.4 is 15.4 Å². The first-order valence-electron chi connectivity index (χ1n) is 6.53. The predicted octanol–water partition coefficient (Wildman–Crippen LogP) is 2.87. The molecule has 0 atom stereocenters. The minimum absolute atomic E-state index is 0.110. The van der Waals surface area contributed by atoms with E-state index in [2.05, 4.69) is 5.16 Å². The predicted molar refractivity (Wildman–Crippen MR) is 84.7 cm³/mol. The fraction of sp³-hybridized carbons (Fsp3) is 0.188. The summed E-state index contributed by atoms with van der Waals surface area (Å²) in [6.45, 7) is 1.92. The topological polar surface area (TPSA) is 71.1 Å². The molecule has 5 nitrogen and oxygen atoms in total. The van der Waals surface area contributed by atoms with Gasteiger partial charge in [0, 0.05) is 18.3 Å². The van der Waals surface area contributed by atoms with E-state index in [4.69, 9.17) is 15.7 Å². The van der Waals surface area contributed by atoms with Crippen molar-refractivity contribution in [2.45, 2.75) is 6.92 Å². The van der Waals surface area contributed by atoms with E-state index < -0.39 is 0 Å². The normalized spacial score (nSPS) is 11.3. The Bertz CT molecular complexity index is 668. The number of benzene rings is 2. The third kappa shape index (κ3) is 2.91. The molecule has 0 heterocycles. The van der Waals surface area contributed by atoms with E-state index in [-0.39, 0.29) is 5.84 Å². The molecule has 2 aromatic rings. The van der Waals surface area contributed by atoms with Gasteiger partial charge in [-0.2, -0.15) is 0 Å². The molecule has 2 aromatic carbocycles. The lowest BCUT2D eigenvalue weighted by molar-refractivity contribution is 0.318. The molecule has 0 unspecified atom stereocenters. The van der Waals surface area contributed by atoms with Crippen LogP contribution in [0.2, 0.25) is 0 Å². The molecule has 0 aromatic heterocycles. The molecule has 0 aliphatic carbocycles. The van der Waals surface area contributed by atoms with Crippen LogP contribution in [0, 0.1) is 6.92 Å². The van der Waals surface area contributed by atoms with Crippen LogP contribution in [0.5, 0.6) is 5.75 Å². The maximum atomic E-state index is 8.77. The molecular formula is C16H19N3O2. The Balaban J connectivity index is 2.40. The van der Waals surface area contributed by atoms with E-state index in [1.54, 1.807) is 7.11 Å². The molecule has 0 radical (unpaired) electrons. The second-order valence-electron chi connectivity index (χ2n) is 4.72. The Labute approximate surface area is 124 Å². The molecule has 0 saturated carbocycles. The second kappa shape index (κ2) is 6.17. The molecule has 0 amide bonds. The summed E-state index contributed by atoms with van der Waals surface area (Å²) in [7, 11) is 3.62. The molecule has 0 saturated heterocycles. The van der Waals surface area contributed by atoms with Gasteiger partial charge in [-0.05, 0) is 42.8 Å². The summed E-state index contributed by atoms with van der Waals surface area (Å²) in [5.41, 5.74) is 9.26. The molecule has 0 aliphatic rings. The largest absolute Gasteiger partial charge is 0.495 e. The smallest absolute Gasteiger partial charge is 0.170 e. The van der Waals surface area contributed by atoms with E-state index in [9.17, 15) is 0 Å². The lowest BCUT2D eigenvalue weighted by Crippen LogP contribution is -2.16. The van der Waals surface area contributed by atoms with Crippen molar-refractivity contribution in [2.24, 2.45) is 10.9 Å². The van der Waals surface area contributed by atoms with Crippen molar-refractivity contribution in [1.82, 2.24) is 0 Å². The number of aryl methyl sites for hydroxylation is 1. The Morgan fingerprint density at radius 2 is 1.95 bits per heavy atom. The standard InChI is InChI=1S/C16H19N3O2/c1-11-10-12(8-9-13(11)16(17)18-20)19(2)14-6-4-5-7-15(14)21-3/h4-10,20H,1-3H3,(H2,17,18). The van der Waals surface area contributed by atoms with Crippen LogP contribution >= 0.6 is 0 Å². The molecule has 0 bridgehead atoms. The van der Waals surface area contributed by atoms with Crippen molar-refractivity contribution in [3.8, 4) is 5.75 Å². The second-order valence-corrected chi connectivity index (χ2v) is 4.72. The summed E-state index contributed by atoms with van der Waals surface area (Å²) >= 11 is 0. The number of nitrogens with zero attached hydrogens (tertiary/aromatic N) is 2. The highest BCUT2D eigenvalue weighted by Crippen LogP contribution is 2.32. The number of methoxy groups -OCH3 is 1. The van der Waals surface area contributed by atoms with E-state index in [0.717, 1.165) is 28.3 Å². The van der Waals surface area contributed by atoms with Gasteiger partial charge in [0.25, 0.3) is 0 Å². The SMILES string of the molecule is COc1ccccc1N(C)c1ccc(/C(N)=N/O)c(C)c1. The van der Waals surface area contributed by atoms with E-state index in [1.807, 2.05) is 61.3 Å². The molecule has 0 aliphatic heterocycles. The number of rotatable bonds is 4. The van der Waals surface area contributed by atoms with Gasteiger partial charge in [-0.1, -0.05) is 17.3 Å². The molecule has 21 heavy (non-hydrogen) atoms. The molecule has 0 fully saturated rings. The third-order valence-corrected chi connectivity index (χ3v) is 3.43. The highest BCUT2D eigenvalue weighted by Gasteiger charge is 2.11.